The Morgan fingerprint density at radius 3 is 2.50 bits per heavy atom. The lowest BCUT2D eigenvalue weighted by molar-refractivity contribution is 0.0299. The Labute approximate surface area is 62.5 Å². The molecular formula is C8H16O2. The van der Waals surface area contributed by atoms with Crippen LogP contribution in [0.4, 0.5) is 0 Å². The van der Waals surface area contributed by atoms with Crippen LogP contribution in [0.15, 0.2) is 0 Å². The Bertz CT molecular complexity index is 97.4. The second kappa shape index (κ2) is 3.35. The topological polar surface area (TPSA) is 21.8 Å². The second-order valence-electron chi connectivity index (χ2n) is 3.30. The van der Waals surface area contributed by atoms with Gasteiger partial charge in [-0.15, -0.1) is 0 Å². The lowest BCUT2D eigenvalue weighted by Crippen LogP contribution is -2.18. The summed E-state index contributed by atoms with van der Waals surface area (Å²) in [4.78, 5) is 0. The van der Waals surface area contributed by atoms with Gasteiger partial charge < -0.3 is 9.47 Å². The SMILES string of the molecule is CC(C)CO[C@H](C)[C@H]1CO1. The maximum absolute atomic E-state index is 5.50. The largest absolute Gasteiger partial charge is 0.375 e. The van der Waals surface area contributed by atoms with Gasteiger partial charge >= 0.3 is 0 Å². The standard InChI is InChI=1S/C8H16O2/c1-6(2)4-9-7(3)8-5-10-8/h6-8H,4-5H2,1-3H3/t7-,8-/m1/s1. The van der Waals surface area contributed by atoms with Crippen LogP contribution >= 0.6 is 0 Å². The van der Waals surface area contributed by atoms with Gasteiger partial charge in [-0.25, -0.2) is 0 Å². The van der Waals surface area contributed by atoms with Crippen LogP contribution in [0.2, 0.25) is 0 Å². The molecule has 1 fully saturated rings. The quantitative estimate of drug-likeness (QED) is 0.557. The van der Waals surface area contributed by atoms with Crippen LogP contribution in [-0.2, 0) is 9.47 Å². The van der Waals surface area contributed by atoms with Crippen molar-refractivity contribution in [2.75, 3.05) is 13.2 Å². The first-order valence-corrected chi connectivity index (χ1v) is 3.93. The third-order valence-electron chi connectivity index (χ3n) is 1.58. The van der Waals surface area contributed by atoms with Gasteiger partial charge in [-0.2, -0.15) is 0 Å². The molecule has 0 unspecified atom stereocenters. The van der Waals surface area contributed by atoms with Gasteiger partial charge in [0.25, 0.3) is 0 Å². The summed E-state index contributed by atoms with van der Waals surface area (Å²) >= 11 is 0. The van der Waals surface area contributed by atoms with E-state index in [1.54, 1.807) is 0 Å². The first-order valence-electron chi connectivity index (χ1n) is 3.93. The van der Waals surface area contributed by atoms with E-state index in [4.69, 9.17) is 9.47 Å². The summed E-state index contributed by atoms with van der Waals surface area (Å²) in [6, 6.07) is 0. The van der Waals surface area contributed by atoms with Crippen molar-refractivity contribution in [1.29, 1.82) is 0 Å². The van der Waals surface area contributed by atoms with Gasteiger partial charge in [0.1, 0.15) is 6.10 Å². The first-order chi connectivity index (χ1) is 4.70. The summed E-state index contributed by atoms with van der Waals surface area (Å²) in [6.07, 6.45) is 0.682. The molecule has 60 valence electrons. The summed E-state index contributed by atoms with van der Waals surface area (Å²) in [7, 11) is 0. The van der Waals surface area contributed by atoms with Crippen molar-refractivity contribution in [2.24, 2.45) is 5.92 Å². The number of hydrogen-bond donors (Lipinski definition) is 0. The molecule has 0 aromatic heterocycles. The van der Waals surface area contributed by atoms with Crippen molar-refractivity contribution in [3.63, 3.8) is 0 Å². The van der Waals surface area contributed by atoms with Crippen molar-refractivity contribution in [3.8, 4) is 0 Å². The lowest BCUT2D eigenvalue weighted by atomic mass is 10.2. The van der Waals surface area contributed by atoms with Gasteiger partial charge in [0.2, 0.25) is 0 Å². The molecule has 0 bridgehead atoms. The molecular weight excluding hydrogens is 128 g/mol. The van der Waals surface area contributed by atoms with E-state index in [0.29, 0.717) is 18.1 Å². The highest BCUT2D eigenvalue weighted by molar-refractivity contribution is 4.76. The maximum Gasteiger partial charge on any atom is 0.107 e. The fraction of sp³-hybridized carbons (Fsp3) is 1.00. The van der Waals surface area contributed by atoms with Crippen LogP contribution in [0.25, 0.3) is 0 Å². The van der Waals surface area contributed by atoms with E-state index in [1.165, 1.54) is 0 Å². The average molecular weight is 144 g/mol. The Kier molecular flexibility index (Phi) is 2.69. The van der Waals surface area contributed by atoms with Gasteiger partial charge in [0, 0.05) is 6.61 Å². The molecule has 0 spiro atoms. The van der Waals surface area contributed by atoms with E-state index in [2.05, 4.69) is 20.8 Å². The summed E-state index contributed by atoms with van der Waals surface area (Å²) in [5.41, 5.74) is 0. The zero-order chi connectivity index (χ0) is 7.56. The van der Waals surface area contributed by atoms with E-state index in [9.17, 15) is 0 Å². The number of ether oxygens (including phenoxy) is 2. The van der Waals surface area contributed by atoms with Crippen molar-refractivity contribution in [1.82, 2.24) is 0 Å². The van der Waals surface area contributed by atoms with Gasteiger partial charge in [-0.05, 0) is 12.8 Å². The molecule has 1 heterocycles. The molecule has 1 rings (SSSR count). The Balaban J connectivity index is 2.00. The predicted octanol–water partition coefficient (Wildman–Crippen LogP) is 1.45. The lowest BCUT2D eigenvalue weighted by Gasteiger charge is -2.11. The summed E-state index contributed by atoms with van der Waals surface area (Å²) in [5.74, 6) is 0.626. The van der Waals surface area contributed by atoms with E-state index in [1.807, 2.05) is 0 Å². The molecule has 1 aliphatic heterocycles. The van der Waals surface area contributed by atoms with Crippen LogP contribution in [0, 0.1) is 5.92 Å². The minimum absolute atomic E-state index is 0.294. The van der Waals surface area contributed by atoms with Gasteiger partial charge in [-0.3, -0.25) is 0 Å². The molecule has 0 aromatic carbocycles. The molecule has 0 saturated carbocycles. The third kappa shape index (κ3) is 2.67. The Hall–Kier alpha value is -0.0800. The minimum atomic E-state index is 0.294. The number of rotatable bonds is 4. The van der Waals surface area contributed by atoms with Crippen LogP contribution in [0.1, 0.15) is 20.8 Å². The molecule has 0 N–H and O–H groups in total. The highest BCUT2D eigenvalue weighted by atomic mass is 16.6. The smallest absolute Gasteiger partial charge is 0.107 e. The number of hydrogen-bond acceptors (Lipinski definition) is 2. The van der Waals surface area contributed by atoms with Crippen LogP contribution in [0.5, 0.6) is 0 Å². The predicted molar refractivity (Wildman–Crippen MR) is 40.0 cm³/mol. The summed E-state index contributed by atoms with van der Waals surface area (Å²) in [6.45, 7) is 8.11. The van der Waals surface area contributed by atoms with Gasteiger partial charge in [0.05, 0.1) is 12.7 Å². The Morgan fingerprint density at radius 1 is 1.50 bits per heavy atom. The van der Waals surface area contributed by atoms with Gasteiger partial charge in [-0.1, -0.05) is 13.8 Å². The van der Waals surface area contributed by atoms with E-state index in [-0.39, 0.29) is 0 Å². The summed E-state index contributed by atoms with van der Waals surface area (Å²) in [5, 5.41) is 0. The fourth-order valence-electron chi connectivity index (χ4n) is 0.778. The Morgan fingerprint density at radius 2 is 2.10 bits per heavy atom. The van der Waals surface area contributed by atoms with E-state index in [0.717, 1.165) is 13.2 Å². The van der Waals surface area contributed by atoms with Crippen LogP contribution in [0.3, 0.4) is 0 Å². The van der Waals surface area contributed by atoms with Gasteiger partial charge in [0.15, 0.2) is 0 Å². The third-order valence-corrected chi connectivity index (χ3v) is 1.58. The molecule has 0 aliphatic carbocycles. The molecule has 1 aliphatic rings. The van der Waals surface area contributed by atoms with Crippen molar-refractivity contribution in [3.05, 3.63) is 0 Å². The van der Waals surface area contributed by atoms with E-state index >= 15 is 0 Å². The first kappa shape index (κ1) is 8.02. The zero-order valence-electron chi connectivity index (χ0n) is 6.96. The average Bonchev–Trinajstić information content (AvgIpc) is 2.63. The van der Waals surface area contributed by atoms with Crippen molar-refractivity contribution >= 4 is 0 Å². The molecule has 2 atom stereocenters. The fourth-order valence-corrected chi connectivity index (χ4v) is 0.778. The zero-order valence-corrected chi connectivity index (χ0v) is 6.96. The minimum Gasteiger partial charge on any atom is -0.375 e. The van der Waals surface area contributed by atoms with E-state index < -0.39 is 0 Å². The van der Waals surface area contributed by atoms with Crippen LogP contribution in [-0.4, -0.2) is 25.4 Å². The highest BCUT2D eigenvalue weighted by Crippen LogP contribution is 2.16. The normalized spacial score (nSPS) is 27.0. The molecule has 0 amide bonds. The molecule has 0 aromatic rings. The molecule has 0 radical (unpaired) electrons. The molecule has 2 nitrogen and oxygen atoms in total. The number of epoxide rings is 1. The maximum atomic E-state index is 5.50. The molecule has 1 saturated heterocycles. The summed E-state index contributed by atoms with van der Waals surface area (Å²) < 4.78 is 10.6. The van der Waals surface area contributed by atoms with Crippen molar-refractivity contribution in [2.45, 2.75) is 33.0 Å². The monoisotopic (exact) mass is 144 g/mol. The molecule has 2 heteroatoms. The highest BCUT2D eigenvalue weighted by Gasteiger charge is 2.29. The van der Waals surface area contributed by atoms with Crippen molar-refractivity contribution < 1.29 is 9.47 Å². The second-order valence-corrected chi connectivity index (χ2v) is 3.30. The van der Waals surface area contributed by atoms with Crippen LogP contribution < -0.4 is 0 Å². The molecule has 10 heavy (non-hydrogen) atoms.